The van der Waals surface area contributed by atoms with Crippen LogP contribution >= 0.6 is 0 Å². The summed E-state index contributed by atoms with van der Waals surface area (Å²) in [6.07, 6.45) is 0. The molecular formula is C22H19N3O2. The molecule has 0 fully saturated rings. The third-order valence-corrected chi connectivity index (χ3v) is 4.91. The van der Waals surface area contributed by atoms with E-state index in [0.717, 1.165) is 22.2 Å². The van der Waals surface area contributed by atoms with Crippen LogP contribution in [0.2, 0.25) is 0 Å². The van der Waals surface area contributed by atoms with Crippen molar-refractivity contribution < 1.29 is 4.79 Å². The number of ketones is 1. The Morgan fingerprint density at radius 1 is 0.963 bits per heavy atom. The van der Waals surface area contributed by atoms with Crippen LogP contribution in [-0.2, 0) is 13.6 Å². The van der Waals surface area contributed by atoms with E-state index in [9.17, 15) is 9.59 Å². The number of Topliss-reactive ketones (excluding diaryl/α,β-unsaturated/α-hetero) is 1. The van der Waals surface area contributed by atoms with E-state index in [-0.39, 0.29) is 17.9 Å². The molecule has 0 spiro atoms. The summed E-state index contributed by atoms with van der Waals surface area (Å²) in [6.45, 7) is 1.83. The number of hydrogen-bond donors (Lipinski definition) is 0. The summed E-state index contributed by atoms with van der Waals surface area (Å²) < 4.78 is 3.24. The largest absolute Gasteiger partial charge is 0.347 e. The zero-order chi connectivity index (χ0) is 19.0. The van der Waals surface area contributed by atoms with E-state index in [1.165, 1.54) is 10.7 Å². The first kappa shape index (κ1) is 17.0. The van der Waals surface area contributed by atoms with Crippen LogP contribution in [0.3, 0.4) is 0 Å². The lowest BCUT2D eigenvalue weighted by Crippen LogP contribution is -2.26. The molecule has 0 unspecified atom stereocenters. The molecule has 5 nitrogen and oxygen atoms in total. The maximum atomic E-state index is 13.0. The second-order valence-electron chi connectivity index (χ2n) is 6.54. The Bertz CT molecular complexity index is 1200. The van der Waals surface area contributed by atoms with Gasteiger partial charge in [-0.15, -0.1) is 0 Å². The minimum Gasteiger partial charge on any atom is -0.347 e. The molecule has 4 rings (SSSR count). The molecule has 0 saturated carbocycles. The van der Waals surface area contributed by atoms with Gasteiger partial charge in [0.2, 0.25) is 0 Å². The summed E-state index contributed by atoms with van der Waals surface area (Å²) in [5.41, 5.74) is 3.80. The fourth-order valence-electron chi connectivity index (χ4n) is 3.41. The van der Waals surface area contributed by atoms with Gasteiger partial charge in [0, 0.05) is 40.8 Å². The molecule has 2 aromatic heterocycles. The SMILES string of the molecule is Cc1c(C(=O)Cn2nc(-c3ccccc3)ccc2=O)c2ccccc2n1C. The van der Waals surface area contributed by atoms with Crippen molar-refractivity contribution in [1.82, 2.24) is 14.3 Å². The van der Waals surface area contributed by atoms with Gasteiger partial charge in [0.05, 0.1) is 5.69 Å². The summed E-state index contributed by atoms with van der Waals surface area (Å²) in [5, 5.41) is 5.30. The van der Waals surface area contributed by atoms with E-state index in [0.29, 0.717) is 11.3 Å². The van der Waals surface area contributed by atoms with Crippen LogP contribution in [0.15, 0.2) is 71.5 Å². The van der Waals surface area contributed by atoms with Crippen LogP contribution in [-0.4, -0.2) is 20.1 Å². The molecule has 0 aliphatic heterocycles. The molecule has 0 aliphatic rings. The number of aromatic nitrogens is 3. The molecule has 4 aromatic rings. The zero-order valence-electron chi connectivity index (χ0n) is 15.2. The fraction of sp³-hybridized carbons (Fsp3) is 0.136. The van der Waals surface area contributed by atoms with Gasteiger partial charge in [-0.25, -0.2) is 4.68 Å². The molecule has 0 N–H and O–H groups in total. The van der Waals surface area contributed by atoms with Gasteiger partial charge >= 0.3 is 0 Å². The summed E-state index contributed by atoms with van der Waals surface area (Å²) in [5.74, 6) is -0.121. The van der Waals surface area contributed by atoms with Crippen molar-refractivity contribution in [2.45, 2.75) is 13.5 Å². The van der Waals surface area contributed by atoms with Crippen LogP contribution in [0.1, 0.15) is 16.1 Å². The third-order valence-electron chi connectivity index (χ3n) is 4.91. The molecule has 0 atom stereocenters. The van der Waals surface area contributed by atoms with Crippen molar-refractivity contribution in [2.24, 2.45) is 7.05 Å². The Hall–Kier alpha value is -3.47. The van der Waals surface area contributed by atoms with E-state index in [2.05, 4.69) is 5.10 Å². The molecule has 0 saturated heterocycles. The lowest BCUT2D eigenvalue weighted by Gasteiger charge is -2.07. The Kier molecular flexibility index (Phi) is 4.20. The first-order valence-electron chi connectivity index (χ1n) is 8.77. The summed E-state index contributed by atoms with van der Waals surface area (Å²) >= 11 is 0. The van der Waals surface area contributed by atoms with Gasteiger partial charge in [0.1, 0.15) is 6.54 Å². The average molecular weight is 357 g/mol. The lowest BCUT2D eigenvalue weighted by molar-refractivity contribution is 0.0966. The van der Waals surface area contributed by atoms with Crippen molar-refractivity contribution in [1.29, 1.82) is 0 Å². The van der Waals surface area contributed by atoms with Crippen LogP contribution in [0.25, 0.3) is 22.2 Å². The van der Waals surface area contributed by atoms with Gasteiger partial charge < -0.3 is 4.57 Å². The molecule has 2 aromatic carbocycles. The molecular weight excluding hydrogens is 338 g/mol. The van der Waals surface area contributed by atoms with Crippen molar-refractivity contribution in [3.63, 3.8) is 0 Å². The minimum absolute atomic E-state index is 0.0889. The Morgan fingerprint density at radius 2 is 1.67 bits per heavy atom. The monoisotopic (exact) mass is 357 g/mol. The van der Waals surface area contributed by atoms with Gasteiger partial charge in [0.15, 0.2) is 5.78 Å². The topological polar surface area (TPSA) is 56.9 Å². The van der Waals surface area contributed by atoms with Crippen molar-refractivity contribution in [3.8, 4) is 11.3 Å². The molecule has 0 aliphatic carbocycles. The number of carbonyl (C=O) groups is 1. The van der Waals surface area contributed by atoms with Gasteiger partial charge in [-0.1, -0.05) is 48.5 Å². The Morgan fingerprint density at radius 3 is 2.44 bits per heavy atom. The first-order valence-corrected chi connectivity index (χ1v) is 8.77. The maximum absolute atomic E-state index is 13.0. The Balaban J connectivity index is 1.74. The number of fused-ring (bicyclic) bond motifs is 1. The molecule has 5 heteroatoms. The molecule has 2 heterocycles. The number of nitrogens with zero attached hydrogens (tertiary/aromatic N) is 3. The second kappa shape index (κ2) is 6.68. The van der Waals surface area contributed by atoms with Crippen molar-refractivity contribution in [2.75, 3.05) is 0 Å². The van der Waals surface area contributed by atoms with Crippen molar-refractivity contribution in [3.05, 3.63) is 88.3 Å². The Labute approximate surface area is 156 Å². The van der Waals surface area contributed by atoms with Crippen LogP contribution in [0.5, 0.6) is 0 Å². The number of para-hydroxylation sites is 1. The normalized spacial score (nSPS) is 11.0. The maximum Gasteiger partial charge on any atom is 0.267 e. The lowest BCUT2D eigenvalue weighted by atomic mass is 10.1. The smallest absolute Gasteiger partial charge is 0.267 e. The van der Waals surface area contributed by atoms with Gasteiger partial charge in [-0.2, -0.15) is 5.10 Å². The molecule has 0 radical (unpaired) electrons. The van der Waals surface area contributed by atoms with Gasteiger partial charge in [-0.05, 0) is 19.1 Å². The number of aryl methyl sites for hydroxylation is 1. The fourth-order valence-corrected chi connectivity index (χ4v) is 3.41. The standard InChI is InChI=1S/C22H19N3O2/c1-15-22(17-10-6-7-11-19(17)24(15)2)20(26)14-25-21(27)13-12-18(23-25)16-8-4-3-5-9-16/h3-13H,14H2,1-2H3. The summed E-state index contributed by atoms with van der Waals surface area (Å²) in [4.78, 5) is 25.3. The van der Waals surface area contributed by atoms with Crippen LogP contribution in [0.4, 0.5) is 0 Å². The number of carbonyl (C=O) groups excluding carboxylic acids is 1. The molecule has 27 heavy (non-hydrogen) atoms. The molecule has 134 valence electrons. The van der Waals surface area contributed by atoms with Gasteiger partial charge in [0.25, 0.3) is 5.56 Å². The predicted octanol–water partition coefficient (Wildman–Crippen LogP) is 3.59. The molecule has 0 amide bonds. The first-order chi connectivity index (χ1) is 13.1. The highest BCUT2D eigenvalue weighted by atomic mass is 16.1. The quantitative estimate of drug-likeness (QED) is 0.525. The highest BCUT2D eigenvalue weighted by molar-refractivity contribution is 6.09. The molecule has 0 bridgehead atoms. The predicted molar refractivity (Wildman–Crippen MR) is 106 cm³/mol. The summed E-state index contributed by atoms with van der Waals surface area (Å²) in [6, 6.07) is 20.5. The highest BCUT2D eigenvalue weighted by Crippen LogP contribution is 2.25. The zero-order valence-corrected chi connectivity index (χ0v) is 15.2. The van der Waals surface area contributed by atoms with E-state index in [1.807, 2.05) is 73.1 Å². The average Bonchev–Trinajstić information content (AvgIpc) is 2.95. The van der Waals surface area contributed by atoms with Gasteiger partial charge in [-0.3, -0.25) is 9.59 Å². The van der Waals surface area contributed by atoms with Crippen LogP contribution in [0, 0.1) is 6.92 Å². The van der Waals surface area contributed by atoms with E-state index >= 15 is 0 Å². The number of rotatable bonds is 4. The van der Waals surface area contributed by atoms with E-state index in [1.54, 1.807) is 6.07 Å². The van der Waals surface area contributed by atoms with E-state index < -0.39 is 0 Å². The third kappa shape index (κ3) is 2.97. The second-order valence-corrected chi connectivity index (χ2v) is 6.54. The minimum atomic E-state index is -0.291. The van der Waals surface area contributed by atoms with Crippen molar-refractivity contribution >= 4 is 16.7 Å². The number of hydrogen-bond acceptors (Lipinski definition) is 3. The highest BCUT2D eigenvalue weighted by Gasteiger charge is 2.19. The van der Waals surface area contributed by atoms with E-state index in [4.69, 9.17) is 0 Å². The summed E-state index contributed by atoms with van der Waals surface area (Å²) in [7, 11) is 1.94. The van der Waals surface area contributed by atoms with Crippen LogP contribution < -0.4 is 5.56 Å². The number of benzene rings is 2.